The molecule has 0 bridgehead atoms. The third-order valence-electron chi connectivity index (χ3n) is 6.81. The van der Waals surface area contributed by atoms with Crippen LogP contribution in [0, 0.1) is 23.6 Å². The van der Waals surface area contributed by atoms with E-state index in [2.05, 4.69) is 0 Å². The van der Waals surface area contributed by atoms with Crippen LogP contribution in [0.2, 0.25) is 0 Å². The van der Waals surface area contributed by atoms with Crippen molar-refractivity contribution < 1.29 is 34.0 Å². The van der Waals surface area contributed by atoms with Gasteiger partial charge in [0.2, 0.25) is 11.8 Å². The highest BCUT2D eigenvalue weighted by molar-refractivity contribution is 6.05. The summed E-state index contributed by atoms with van der Waals surface area (Å²) in [5, 5.41) is 30.7. The van der Waals surface area contributed by atoms with Crippen LogP contribution in [0.15, 0.2) is 34.9 Å². The van der Waals surface area contributed by atoms with Crippen LogP contribution in [0.5, 0.6) is 5.75 Å². The number of fused-ring (bicyclic) bond motifs is 1. The molecule has 1 aromatic rings. The van der Waals surface area contributed by atoms with Crippen LogP contribution >= 0.6 is 0 Å². The Morgan fingerprint density at radius 1 is 1.33 bits per heavy atom. The molecule has 0 unspecified atom stereocenters. The lowest BCUT2D eigenvalue weighted by Crippen LogP contribution is -2.39. The molecule has 0 aromatic heterocycles. The largest absolute Gasteiger partial charge is 0.505 e. The molecule has 0 spiro atoms. The van der Waals surface area contributed by atoms with Crippen molar-refractivity contribution in [2.24, 2.45) is 17.8 Å². The van der Waals surface area contributed by atoms with Gasteiger partial charge in [-0.05, 0) is 54.5 Å². The summed E-state index contributed by atoms with van der Waals surface area (Å²) in [6.45, 7) is 1.82. The van der Waals surface area contributed by atoms with Gasteiger partial charge in [-0.1, -0.05) is 24.6 Å². The van der Waals surface area contributed by atoms with Crippen LogP contribution in [0.4, 0.5) is 4.39 Å². The van der Waals surface area contributed by atoms with Crippen LogP contribution in [-0.2, 0) is 14.3 Å². The lowest BCUT2D eigenvalue weighted by atomic mass is 9.68. The van der Waals surface area contributed by atoms with E-state index in [0.29, 0.717) is 36.8 Å². The predicted molar refractivity (Wildman–Crippen MR) is 120 cm³/mol. The van der Waals surface area contributed by atoms with Crippen molar-refractivity contribution in [3.05, 3.63) is 46.3 Å². The number of aromatic hydroxyl groups is 1. The molecule has 4 atom stereocenters. The van der Waals surface area contributed by atoms with E-state index < -0.39 is 35.4 Å². The average Bonchev–Trinajstić information content (AvgIpc) is 3.01. The molecule has 1 heterocycles. The summed E-state index contributed by atoms with van der Waals surface area (Å²) in [6.07, 6.45) is 2.77. The van der Waals surface area contributed by atoms with Crippen LogP contribution in [0.25, 0.3) is 6.08 Å². The summed E-state index contributed by atoms with van der Waals surface area (Å²) >= 11 is 0. The number of benzene rings is 1. The molecule has 3 rings (SSSR count). The second kappa shape index (κ2) is 10.6. The number of hydrogen-bond donors (Lipinski definition) is 3. The van der Waals surface area contributed by atoms with Gasteiger partial charge in [-0.15, -0.1) is 0 Å². The minimum Gasteiger partial charge on any atom is -0.505 e. The van der Waals surface area contributed by atoms with E-state index in [1.807, 2.05) is 13.0 Å². The molecule has 1 aromatic carbocycles. The van der Waals surface area contributed by atoms with Crippen molar-refractivity contribution >= 4 is 17.9 Å². The highest BCUT2D eigenvalue weighted by Gasteiger charge is 2.53. The second-order valence-corrected chi connectivity index (χ2v) is 8.77. The molecule has 33 heavy (non-hydrogen) atoms. The van der Waals surface area contributed by atoms with Crippen LogP contribution in [0.3, 0.4) is 0 Å². The fourth-order valence-electron chi connectivity index (χ4n) is 5.10. The molecule has 1 fully saturated rings. The number of carbonyl (C=O) groups excluding carboxylic acids is 2. The minimum atomic E-state index is -0.923. The molecule has 1 aliphatic carbocycles. The number of rotatable bonds is 9. The quantitative estimate of drug-likeness (QED) is 0.386. The Bertz CT molecular complexity index is 972. The van der Waals surface area contributed by atoms with Gasteiger partial charge >= 0.3 is 0 Å². The maximum absolute atomic E-state index is 13.7. The van der Waals surface area contributed by atoms with E-state index >= 15 is 0 Å². The van der Waals surface area contributed by atoms with Crippen molar-refractivity contribution in [1.29, 1.82) is 0 Å². The molecule has 8 heteroatoms. The molecule has 180 valence electrons. The van der Waals surface area contributed by atoms with Crippen LogP contribution < -0.4 is 0 Å². The summed E-state index contributed by atoms with van der Waals surface area (Å²) in [5.74, 6) is -3.57. The fourth-order valence-corrected chi connectivity index (χ4v) is 5.10. The number of carbonyl (C=O) groups is 2. The maximum atomic E-state index is 13.7. The first-order valence-electron chi connectivity index (χ1n) is 11.2. The molecule has 1 aliphatic heterocycles. The van der Waals surface area contributed by atoms with E-state index in [9.17, 15) is 29.3 Å². The standard InChI is InChI=1S/C25H32FNO6/c1-4-14(9-15-6-7-20(29)19(26)10-15)5-8-21(30)22-16(13-33-3)11-17-23(18(22)12-28)25(32)27(2)24(17)31/h6-7,9-10,17-18,21,23,28-30H,4-5,8,11-13H2,1-3H3/b14-9+/t17-,18+,21-,23-/m1/s1. The van der Waals surface area contributed by atoms with E-state index in [-0.39, 0.29) is 25.0 Å². The molecular formula is C25H32FNO6. The highest BCUT2D eigenvalue weighted by atomic mass is 19.1. The highest BCUT2D eigenvalue weighted by Crippen LogP contribution is 2.45. The summed E-state index contributed by atoms with van der Waals surface area (Å²) < 4.78 is 19.0. The molecule has 2 aliphatic rings. The summed E-state index contributed by atoms with van der Waals surface area (Å²) in [7, 11) is 2.98. The Morgan fingerprint density at radius 2 is 2.06 bits per heavy atom. The topological polar surface area (TPSA) is 107 Å². The van der Waals surface area contributed by atoms with Crippen LogP contribution in [0.1, 0.15) is 38.2 Å². The normalized spacial score (nSPS) is 24.5. The number of ether oxygens (including phenoxy) is 1. The lowest BCUT2D eigenvalue weighted by molar-refractivity contribution is -0.138. The van der Waals surface area contributed by atoms with Crippen molar-refractivity contribution in [3.8, 4) is 5.75 Å². The van der Waals surface area contributed by atoms with Gasteiger partial charge in [0.25, 0.3) is 0 Å². The first-order valence-corrected chi connectivity index (χ1v) is 11.2. The molecule has 2 amide bonds. The van der Waals surface area contributed by atoms with Gasteiger partial charge in [0.1, 0.15) is 0 Å². The number of phenolic OH excluding ortho intramolecular Hbond substituents is 1. The Balaban J connectivity index is 1.84. The number of likely N-dealkylation sites (tertiary alicyclic amines) is 1. The zero-order chi connectivity index (χ0) is 24.3. The number of aliphatic hydroxyl groups excluding tert-OH is 2. The summed E-state index contributed by atoms with van der Waals surface area (Å²) in [4.78, 5) is 26.4. The molecule has 7 nitrogen and oxygen atoms in total. The first kappa shape index (κ1) is 25.1. The van der Waals surface area contributed by atoms with Crippen LogP contribution in [-0.4, -0.2) is 65.5 Å². The predicted octanol–water partition coefficient (Wildman–Crippen LogP) is 2.65. The number of hydrogen-bond acceptors (Lipinski definition) is 6. The van der Waals surface area contributed by atoms with E-state index in [1.54, 1.807) is 6.07 Å². The minimum absolute atomic E-state index is 0.209. The molecule has 0 saturated carbocycles. The maximum Gasteiger partial charge on any atom is 0.233 e. The zero-order valence-corrected chi connectivity index (χ0v) is 19.3. The third kappa shape index (κ3) is 5.03. The van der Waals surface area contributed by atoms with Gasteiger partial charge in [-0.3, -0.25) is 14.5 Å². The number of amides is 2. The van der Waals surface area contributed by atoms with Gasteiger partial charge in [0.05, 0.1) is 31.2 Å². The van der Waals surface area contributed by atoms with Gasteiger partial charge in [0, 0.05) is 20.1 Å². The monoisotopic (exact) mass is 461 g/mol. The number of allylic oxidation sites excluding steroid dienone is 1. The third-order valence-corrected chi connectivity index (χ3v) is 6.81. The number of methoxy groups -OCH3 is 1. The van der Waals surface area contributed by atoms with Gasteiger partial charge in [-0.2, -0.15) is 0 Å². The van der Waals surface area contributed by atoms with Crippen molar-refractivity contribution in [2.45, 2.75) is 38.7 Å². The Hall–Kier alpha value is -2.55. The van der Waals surface area contributed by atoms with Gasteiger partial charge in [-0.25, -0.2) is 4.39 Å². The second-order valence-electron chi connectivity index (χ2n) is 8.77. The van der Waals surface area contributed by atoms with Gasteiger partial charge in [0.15, 0.2) is 11.6 Å². The molecule has 1 saturated heterocycles. The number of nitrogens with zero attached hydrogens (tertiary/aromatic N) is 1. The van der Waals surface area contributed by atoms with Crippen molar-refractivity contribution in [3.63, 3.8) is 0 Å². The number of phenols is 1. The molecular weight excluding hydrogens is 429 g/mol. The first-order chi connectivity index (χ1) is 15.7. The zero-order valence-electron chi connectivity index (χ0n) is 19.3. The molecule has 3 N–H and O–H groups in total. The number of halogens is 1. The number of imide groups is 1. The van der Waals surface area contributed by atoms with Crippen molar-refractivity contribution in [2.75, 3.05) is 27.4 Å². The Labute approximate surface area is 193 Å². The Kier molecular flexibility index (Phi) is 8.05. The number of aliphatic hydroxyl groups is 2. The average molecular weight is 462 g/mol. The van der Waals surface area contributed by atoms with Crippen molar-refractivity contribution in [1.82, 2.24) is 4.90 Å². The SMILES string of the molecule is CC/C(=C\c1ccc(O)c(F)c1)CC[C@@H](O)C1=C(COC)C[C@H]2C(=O)N(C)C(=O)[C@H]2[C@H]1CO. The summed E-state index contributed by atoms with van der Waals surface area (Å²) in [6, 6.07) is 4.17. The van der Waals surface area contributed by atoms with E-state index in [0.717, 1.165) is 16.0 Å². The van der Waals surface area contributed by atoms with E-state index in [1.165, 1.54) is 26.3 Å². The smallest absolute Gasteiger partial charge is 0.233 e. The Morgan fingerprint density at radius 3 is 2.67 bits per heavy atom. The lowest BCUT2D eigenvalue weighted by Gasteiger charge is -2.36. The van der Waals surface area contributed by atoms with E-state index in [4.69, 9.17) is 4.74 Å². The molecule has 0 radical (unpaired) electrons. The summed E-state index contributed by atoms with van der Waals surface area (Å²) in [5.41, 5.74) is 2.93. The van der Waals surface area contributed by atoms with Gasteiger partial charge < -0.3 is 20.1 Å². The fraction of sp³-hybridized carbons (Fsp3) is 0.520.